The van der Waals surface area contributed by atoms with Crippen molar-refractivity contribution >= 4 is 11.7 Å². The lowest BCUT2D eigenvalue weighted by atomic mass is 10.2. The van der Waals surface area contributed by atoms with E-state index in [0.29, 0.717) is 11.3 Å². The highest BCUT2D eigenvalue weighted by Crippen LogP contribution is 2.08. The van der Waals surface area contributed by atoms with Crippen LogP contribution in [-0.4, -0.2) is 6.03 Å². The summed E-state index contributed by atoms with van der Waals surface area (Å²) < 4.78 is 0. The van der Waals surface area contributed by atoms with Gasteiger partial charge in [-0.05, 0) is 29.8 Å². The molecule has 2 amide bonds. The average molecular weight is 187 g/mol. The van der Waals surface area contributed by atoms with Gasteiger partial charge in [0.2, 0.25) is 0 Å². The van der Waals surface area contributed by atoms with Crippen LogP contribution in [0.4, 0.5) is 10.5 Å². The molecular weight excluding hydrogens is 182 g/mol. The maximum atomic E-state index is 10.8. The van der Waals surface area contributed by atoms with Gasteiger partial charge in [-0.1, -0.05) is 0 Å². The number of rotatable bonds is 1. The minimum absolute atomic E-state index is 0.474. The average Bonchev–Trinajstić information content (AvgIpc) is 2.19. The summed E-state index contributed by atoms with van der Waals surface area (Å²) in [5.74, 6) is 0. The normalized spacial score (nSPS) is 8.21. The van der Waals surface area contributed by atoms with Gasteiger partial charge >= 0.3 is 6.03 Å². The van der Waals surface area contributed by atoms with Crippen molar-refractivity contribution in [3.63, 3.8) is 0 Å². The number of carbonyl (C=O) groups is 1. The number of azide groups is 1. The second-order valence-corrected chi connectivity index (χ2v) is 2.31. The van der Waals surface area contributed by atoms with E-state index in [9.17, 15) is 4.79 Å². The van der Waals surface area contributed by atoms with Crippen LogP contribution < -0.4 is 5.32 Å². The van der Waals surface area contributed by atoms with E-state index in [0.717, 1.165) is 0 Å². The summed E-state index contributed by atoms with van der Waals surface area (Å²) in [5, 5.41) is 13.6. The fraction of sp³-hybridized carbons (Fsp3) is 0. The van der Waals surface area contributed by atoms with Crippen LogP contribution in [0.25, 0.3) is 10.4 Å². The summed E-state index contributed by atoms with van der Waals surface area (Å²) in [6.45, 7) is 0. The highest BCUT2D eigenvalue weighted by Gasteiger charge is 1.97. The minimum atomic E-state index is -0.780. The smallest absolute Gasteiger partial charge is 0.312 e. The van der Waals surface area contributed by atoms with E-state index in [1.54, 1.807) is 24.3 Å². The lowest BCUT2D eigenvalue weighted by Crippen LogP contribution is -2.04. The molecule has 1 aromatic rings. The molecule has 1 N–H and O–H groups in total. The number of carbonyl (C=O) groups excluding carboxylic acids is 1. The van der Waals surface area contributed by atoms with Crippen molar-refractivity contribution in [2.24, 2.45) is 5.11 Å². The molecule has 0 aliphatic heterocycles. The Morgan fingerprint density at radius 3 is 2.64 bits per heavy atom. The molecule has 14 heavy (non-hydrogen) atoms. The van der Waals surface area contributed by atoms with Crippen molar-refractivity contribution in [3.05, 3.63) is 40.3 Å². The van der Waals surface area contributed by atoms with Crippen molar-refractivity contribution in [3.8, 4) is 6.07 Å². The molecule has 0 saturated heterocycles. The van der Waals surface area contributed by atoms with Crippen LogP contribution in [0, 0.1) is 11.3 Å². The molecule has 0 aliphatic rings. The molecule has 6 nitrogen and oxygen atoms in total. The Hall–Kier alpha value is -2.51. The molecule has 0 heterocycles. The predicted octanol–water partition coefficient (Wildman–Crippen LogP) is 2.40. The monoisotopic (exact) mass is 187 g/mol. The Balaban J connectivity index is 2.74. The summed E-state index contributed by atoms with van der Waals surface area (Å²) >= 11 is 0. The van der Waals surface area contributed by atoms with E-state index < -0.39 is 6.03 Å². The molecule has 0 radical (unpaired) electrons. The standard InChI is InChI=1S/C8H5N5O/c9-5-6-1-3-7(4-2-6)11-8(14)12-13-10/h1-4H,(H,11,14). The summed E-state index contributed by atoms with van der Waals surface area (Å²) in [5.41, 5.74) is 8.92. The van der Waals surface area contributed by atoms with Gasteiger partial charge in [0, 0.05) is 15.7 Å². The van der Waals surface area contributed by atoms with Crippen LogP contribution >= 0.6 is 0 Å². The number of nitrogens with one attached hydrogen (secondary N) is 1. The molecule has 1 rings (SSSR count). The molecule has 0 fully saturated rings. The molecule has 1 aromatic carbocycles. The first-order chi connectivity index (χ1) is 6.76. The van der Waals surface area contributed by atoms with Gasteiger partial charge in [-0.15, -0.1) is 0 Å². The summed E-state index contributed by atoms with van der Waals surface area (Å²) in [4.78, 5) is 13.1. The maximum Gasteiger partial charge on any atom is 0.312 e. The second-order valence-electron chi connectivity index (χ2n) is 2.31. The zero-order valence-corrected chi connectivity index (χ0v) is 7.01. The number of anilines is 1. The van der Waals surface area contributed by atoms with Gasteiger partial charge in [0.05, 0.1) is 11.6 Å². The molecule has 6 heteroatoms. The second kappa shape index (κ2) is 4.50. The number of nitrogens with zero attached hydrogens (tertiary/aromatic N) is 4. The fourth-order valence-corrected chi connectivity index (χ4v) is 0.817. The lowest BCUT2D eigenvalue weighted by Gasteiger charge is -1.99. The van der Waals surface area contributed by atoms with Crippen molar-refractivity contribution in [2.45, 2.75) is 0 Å². The van der Waals surface area contributed by atoms with Crippen LogP contribution in [0.2, 0.25) is 0 Å². The van der Waals surface area contributed by atoms with E-state index >= 15 is 0 Å². The van der Waals surface area contributed by atoms with Gasteiger partial charge in [0.1, 0.15) is 0 Å². The van der Waals surface area contributed by atoms with E-state index in [2.05, 4.69) is 15.3 Å². The third-order valence-electron chi connectivity index (χ3n) is 1.40. The van der Waals surface area contributed by atoms with Gasteiger partial charge in [-0.25, -0.2) is 0 Å². The highest BCUT2D eigenvalue weighted by molar-refractivity contribution is 5.89. The van der Waals surface area contributed by atoms with Gasteiger partial charge in [-0.2, -0.15) is 5.26 Å². The Bertz CT molecular complexity index is 424. The highest BCUT2D eigenvalue weighted by atomic mass is 16.2. The maximum absolute atomic E-state index is 10.8. The Morgan fingerprint density at radius 1 is 1.50 bits per heavy atom. The molecule has 0 atom stereocenters. The van der Waals surface area contributed by atoms with Gasteiger partial charge in [0.25, 0.3) is 0 Å². The number of urea groups is 1. The van der Waals surface area contributed by atoms with Crippen LogP contribution in [-0.2, 0) is 0 Å². The molecule has 0 spiro atoms. The zero-order valence-electron chi connectivity index (χ0n) is 7.01. The van der Waals surface area contributed by atoms with Crippen LogP contribution in [0.1, 0.15) is 5.56 Å². The van der Waals surface area contributed by atoms with Crippen molar-refractivity contribution in [1.82, 2.24) is 0 Å². The predicted molar refractivity (Wildman–Crippen MR) is 49.3 cm³/mol. The number of amides is 2. The van der Waals surface area contributed by atoms with Gasteiger partial charge in [0.15, 0.2) is 0 Å². The van der Waals surface area contributed by atoms with Crippen molar-refractivity contribution < 1.29 is 4.79 Å². The topological polar surface area (TPSA) is 102 Å². The Kier molecular flexibility index (Phi) is 3.08. The van der Waals surface area contributed by atoms with E-state index in [-0.39, 0.29) is 0 Å². The first-order valence-electron chi connectivity index (χ1n) is 3.62. The minimum Gasteiger partial charge on any atom is -0.321 e. The van der Waals surface area contributed by atoms with E-state index in [1.807, 2.05) is 6.07 Å². The molecule has 0 unspecified atom stereocenters. The zero-order chi connectivity index (χ0) is 10.4. The van der Waals surface area contributed by atoms with Crippen molar-refractivity contribution in [2.75, 3.05) is 5.32 Å². The van der Waals surface area contributed by atoms with Crippen LogP contribution in [0.15, 0.2) is 29.4 Å². The molecule has 0 bridgehead atoms. The molecule has 0 aromatic heterocycles. The van der Waals surface area contributed by atoms with Crippen LogP contribution in [0.3, 0.4) is 0 Å². The summed E-state index contributed by atoms with van der Waals surface area (Å²) in [7, 11) is 0. The number of benzene rings is 1. The van der Waals surface area contributed by atoms with Gasteiger partial charge in [-0.3, -0.25) is 4.79 Å². The third kappa shape index (κ3) is 2.52. The number of nitriles is 1. The first-order valence-corrected chi connectivity index (χ1v) is 3.62. The molecule has 68 valence electrons. The lowest BCUT2D eigenvalue weighted by molar-refractivity contribution is 0.259. The van der Waals surface area contributed by atoms with Crippen molar-refractivity contribution in [1.29, 1.82) is 5.26 Å². The van der Waals surface area contributed by atoms with E-state index in [4.69, 9.17) is 10.8 Å². The largest absolute Gasteiger partial charge is 0.321 e. The quantitative estimate of drug-likeness (QED) is 0.414. The van der Waals surface area contributed by atoms with Gasteiger partial charge < -0.3 is 5.32 Å². The number of hydrogen-bond donors (Lipinski definition) is 1. The number of hydrogen-bond acceptors (Lipinski definition) is 2. The fourth-order valence-electron chi connectivity index (χ4n) is 0.817. The SMILES string of the molecule is N#Cc1ccc(NC(=O)N=[N+]=[N-])cc1. The molecule has 0 saturated carbocycles. The Labute approximate surface area is 79.4 Å². The first kappa shape index (κ1) is 9.58. The van der Waals surface area contributed by atoms with E-state index in [1.165, 1.54) is 0 Å². The Morgan fingerprint density at radius 2 is 2.14 bits per heavy atom. The molecule has 0 aliphatic carbocycles. The third-order valence-corrected chi connectivity index (χ3v) is 1.40. The molecular formula is C8H5N5O. The summed E-state index contributed by atoms with van der Waals surface area (Å²) in [6.07, 6.45) is 0. The summed E-state index contributed by atoms with van der Waals surface area (Å²) in [6, 6.07) is 7.34. The van der Waals surface area contributed by atoms with Crippen LogP contribution in [0.5, 0.6) is 0 Å².